The molecule has 0 radical (unpaired) electrons. The highest BCUT2D eigenvalue weighted by atomic mass is 19.1. The maximum absolute atomic E-state index is 13.6. The first-order valence-corrected chi connectivity index (χ1v) is 10.2. The molecule has 0 aliphatic carbocycles. The molecule has 0 aliphatic rings. The van der Waals surface area contributed by atoms with Gasteiger partial charge < -0.3 is 9.88 Å². The molecule has 0 saturated carbocycles. The fourth-order valence-electron chi connectivity index (χ4n) is 3.56. The van der Waals surface area contributed by atoms with Gasteiger partial charge in [0.1, 0.15) is 11.3 Å². The summed E-state index contributed by atoms with van der Waals surface area (Å²) in [5, 5.41) is 8.46. The highest BCUT2D eigenvalue weighted by Crippen LogP contribution is 2.36. The molecule has 0 atom stereocenters. The second-order valence-electron chi connectivity index (χ2n) is 7.57. The van der Waals surface area contributed by atoms with Gasteiger partial charge in [0.25, 0.3) is 5.56 Å². The predicted octanol–water partition coefficient (Wildman–Crippen LogP) is 4.00. The number of hydrogen-bond donors (Lipinski definition) is 3. The van der Waals surface area contributed by atoms with Crippen LogP contribution in [0.25, 0.3) is 22.0 Å². The van der Waals surface area contributed by atoms with Gasteiger partial charge in [-0.3, -0.25) is 9.48 Å². The molecule has 166 valence electrons. The van der Waals surface area contributed by atoms with Crippen molar-refractivity contribution in [2.45, 2.75) is 13.8 Å². The Kier molecular flexibility index (Phi) is 5.93. The molecule has 9 heteroatoms. The summed E-state index contributed by atoms with van der Waals surface area (Å²) in [5.74, 6) is -0.290. The largest absolute Gasteiger partial charge is 0.355 e. The zero-order valence-electron chi connectivity index (χ0n) is 18.4. The van der Waals surface area contributed by atoms with Crippen molar-refractivity contribution in [2.24, 2.45) is 14.1 Å². The monoisotopic (exact) mass is 436 g/mol. The molecule has 32 heavy (non-hydrogen) atoms. The number of pyridine rings is 1. The van der Waals surface area contributed by atoms with Crippen molar-refractivity contribution in [2.75, 3.05) is 17.3 Å². The number of rotatable bonds is 7. The van der Waals surface area contributed by atoms with Gasteiger partial charge in [-0.25, -0.2) is 9.87 Å². The maximum atomic E-state index is 13.6. The zero-order chi connectivity index (χ0) is 22.8. The molecule has 2 aromatic carbocycles. The quantitative estimate of drug-likeness (QED) is 0.300. The van der Waals surface area contributed by atoms with Gasteiger partial charge in [-0.2, -0.15) is 15.5 Å². The van der Waals surface area contributed by atoms with Crippen LogP contribution in [0.4, 0.5) is 21.5 Å². The van der Waals surface area contributed by atoms with Crippen molar-refractivity contribution >= 4 is 28.0 Å². The van der Waals surface area contributed by atoms with E-state index < -0.39 is 0 Å². The van der Waals surface area contributed by atoms with E-state index in [1.165, 1.54) is 12.1 Å². The molecule has 2 aromatic heterocycles. The third kappa shape index (κ3) is 4.20. The van der Waals surface area contributed by atoms with Gasteiger partial charge in [-0.1, -0.05) is 6.92 Å². The molecule has 0 bridgehead atoms. The Morgan fingerprint density at radius 3 is 2.59 bits per heavy atom. The normalized spacial score (nSPS) is 11.2. The molecule has 0 aliphatic heterocycles. The molecular formula is C23H25FN6O2. The lowest BCUT2D eigenvalue weighted by molar-refractivity contribution is 0.0930. The minimum atomic E-state index is -0.290. The number of hydroxylamine groups is 1. The Bertz CT molecular complexity index is 1340. The Morgan fingerprint density at radius 1 is 1.06 bits per heavy atom. The number of hydrogen-bond acceptors (Lipinski definition) is 6. The van der Waals surface area contributed by atoms with E-state index in [0.29, 0.717) is 23.1 Å². The highest BCUT2D eigenvalue weighted by molar-refractivity contribution is 5.97. The summed E-state index contributed by atoms with van der Waals surface area (Å²) in [6.45, 7) is 4.40. The van der Waals surface area contributed by atoms with Crippen LogP contribution >= 0.6 is 0 Å². The van der Waals surface area contributed by atoms with E-state index >= 15 is 0 Å². The molecular weight excluding hydrogens is 411 g/mol. The second-order valence-corrected chi connectivity index (χ2v) is 7.57. The fraction of sp³-hybridized carbons (Fsp3) is 0.217. The number of benzene rings is 2. The van der Waals surface area contributed by atoms with E-state index in [1.807, 2.05) is 32.0 Å². The summed E-state index contributed by atoms with van der Waals surface area (Å²) in [6.07, 6.45) is 3.49. The SMILES string of the molecule is CCNONc1ccc(Nc2ccc(F)cc2C)c(-c2cn(C)c(=O)c3cn(C)nc23)c1. The van der Waals surface area contributed by atoms with Crippen LogP contribution in [0.5, 0.6) is 0 Å². The first kappa shape index (κ1) is 21.5. The number of anilines is 3. The maximum Gasteiger partial charge on any atom is 0.261 e. The third-order valence-corrected chi connectivity index (χ3v) is 5.11. The van der Waals surface area contributed by atoms with Gasteiger partial charge in [0.2, 0.25) is 0 Å². The predicted molar refractivity (Wildman–Crippen MR) is 124 cm³/mol. The lowest BCUT2D eigenvalue weighted by Crippen LogP contribution is -2.18. The Balaban J connectivity index is 1.88. The number of halogens is 1. The Hall–Kier alpha value is -3.69. The third-order valence-electron chi connectivity index (χ3n) is 5.11. The van der Waals surface area contributed by atoms with Crippen molar-refractivity contribution in [1.29, 1.82) is 0 Å². The Morgan fingerprint density at radius 2 is 1.84 bits per heavy atom. The van der Waals surface area contributed by atoms with Crippen LogP contribution in [-0.2, 0) is 19.0 Å². The first-order valence-electron chi connectivity index (χ1n) is 10.2. The van der Waals surface area contributed by atoms with Crippen LogP contribution in [0.1, 0.15) is 12.5 Å². The van der Waals surface area contributed by atoms with Gasteiger partial charge in [0, 0.05) is 55.5 Å². The number of aromatic nitrogens is 3. The molecule has 8 nitrogen and oxygen atoms in total. The molecule has 4 rings (SSSR count). The summed E-state index contributed by atoms with van der Waals surface area (Å²) in [5.41, 5.74) is 10.7. The van der Waals surface area contributed by atoms with Crippen LogP contribution in [0.15, 0.2) is 53.6 Å². The van der Waals surface area contributed by atoms with Gasteiger partial charge in [0.05, 0.1) is 11.1 Å². The minimum absolute atomic E-state index is 0.120. The summed E-state index contributed by atoms with van der Waals surface area (Å²) >= 11 is 0. The highest BCUT2D eigenvalue weighted by Gasteiger charge is 2.17. The van der Waals surface area contributed by atoms with E-state index in [2.05, 4.69) is 21.4 Å². The van der Waals surface area contributed by atoms with Crippen molar-refractivity contribution in [1.82, 2.24) is 19.8 Å². The first-order chi connectivity index (χ1) is 15.4. The summed E-state index contributed by atoms with van der Waals surface area (Å²) < 4.78 is 16.8. The lowest BCUT2D eigenvalue weighted by atomic mass is 10.0. The molecule has 3 N–H and O–H groups in total. The molecule has 0 fully saturated rings. The molecule has 0 amide bonds. The second kappa shape index (κ2) is 8.81. The number of fused-ring (bicyclic) bond motifs is 1. The number of aryl methyl sites for hydroxylation is 3. The minimum Gasteiger partial charge on any atom is -0.355 e. The number of nitrogens with one attached hydrogen (secondary N) is 3. The standard InChI is InChI=1S/C23H25FN6O2/c1-5-25-32-28-16-7-9-21(26-20-8-6-15(24)10-14(20)2)17(11-16)18-12-29(3)23(31)19-13-30(4)27-22(18)19/h6-13,25-26,28H,5H2,1-4H3. The van der Waals surface area contributed by atoms with Crippen molar-refractivity contribution in [3.05, 3.63) is 70.5 Å². The van der Waals surface area contributed by atoms with Crippen molar-refractivity contribution in [3.63, 3.8) is 0 Å². The van der Waals surface area contributed by atoms with Crippen LogP contribution in [0.2, 0.25) is 0 Å². The number of nitrogens with zero attached hydrogens (tertiary/aromatic N) is 3. The van der Waals surface area contributed by atoms with E-state index in [1.54, 1.807) is 41.8 Å². The molecule has 0 spiro atoms. The van der Waals surface area contributed by atoms with Gasteiger partial charge in [0.15, 0.2) is 0 Å². The average Bonchev–Trinajstić information content (AvgIpc) is 3.15. The average molecular weight is 436 g/mol. The molecule has 0 saturated heterocycles. The van der Waals surface area contributed by atoms with Crippen molar-refractivity contribution in [3.8, 4) is 11.1 Å². The summed E-state index contributed by atoms with van der Waals surface area (Å²) in [6, 6.07) is 10.3. The smallest absolute Gasteiger partial charge is 0.261 e. The summed E-state index contributed by atoms with van der Waals surface area (Å²) in [4.78, 5) is 17.9. The van der Waals surface area contributed by atoms with Crippen LogP contribution in [-0.4, -0.2) is 20.9 Å². The molecule has 2 heterocycles. The Labute approximate surface area is 184 Å². The van der Waals surface area contributed by atoms with Gasteiger partial charge in [-0.05, 0) is 48.9 Å². The van der Waals surface area contributed by atoms with Gasteiger partial charge >= 0.3 is 0 Å². The van der Waals surface area contributed by atoms with E-state index in [0.717, 1.165) is 28.1 Å². The van der Waals surface area contributed by atoms with E-state index in [4.69, 9.17) is 4.94 Å². The van der Waals surface area contributed by atoms with Crippen LogP contribution in [0.3, 0.4) is 0 Å². The lowest BCUT2D eigenvalue weighted by Gasteiger charge is -2.17. The van der Waals surface area contributed by atoms with Crippen molar-refractivity contribution < 1.29 is 9.33 Å². The molecule has 4 aromatic rings. The fourth-order valence-corrected chi connectivity index (χ4v) is 3.56. The van der Waals surface area contributed by atoms with Crippen LogP contribution < -0.4 is 21.8 Å². The zero-order valence-corrected chi connectivity index (χ0v) is 18.4. The summed E-state index contributed by atoms with van der Waals surface area (Å²) in [7, 11) is 3.50. The van der Waals surface area contributed by atoms with E-state index in [9.17, 15) is 9.18 Å². The van der Waals surface area contributed by atoms with E-state index in [-0.39, 0.29) is 11.4 Å². The topological polar surface area (TPSA) is 85.1 Å². The van der Waals surface area contributed by atoms with Crippen LogP contribution in [0, 0.1) is 12.7 Å². The molecule has 0 unspecified atom stereocenters. The van der Waals surface area contributed by atoms with Gasteiger partial charge in [-0.15, -0.1) is 0 Å².